The van der Waals surface area contributed by atoms with Crippen molar-refractivity contribution in [1.29, 1.82) is 0 Å². The second-order valence-corrected chi connectivity index (χ2v) is 4.27. The molecule has 0 aliphatic heterocycles. The molecule has 0 amide bonds. The molecular weight excluding hydrogens is 184 g/mol. The second-order valence-electron chi connectivity index (χ2n) is 3.32. The maximum absolute atomic E-state index is 11.4. The van der Waals surface area contributed by atoms with Gasteiger partial charge in [0.2, 0.25) is 0 Å². The first kappa shape index (κ1) is 8.63. The van der Waals surface area contributed by atoms with Gasteiger partial charge in [-0.25, -0.2) is 0 Å². The standard InChI is InChI=1S/C10H10O2S/c11-8(7-3-4-7)6-9(12)10-2-1-5-13-10/h1-2,5,7H,3-4,6H2. The van der Waals surface area contributed by atoms with Gasteiger partial charge < -0.3 is 0 Å². The SMILES string of the molecule is O=C(CC(=O)C1CC1)c1cccs1. The van der Waals surface area contributed by atoms with Crippen molar-refractivity contribution in [2.24, 2.45) is 5.92 Å². The first-order valence-electron chi connectivity index (χ1n) is 4.37. The summed E-state index contributed by atoms with van der Waals surface area (Å²) in [7, 11) is 0. The monoisotopic (exact) mass is 194 g/mol. The molecule has 1 aromatic rings. The molecule has 0 spiro atoms. The summed E-state index contributed by atoms with van der Waals surface area (Å²) < 4.78 is 0. The normalized spacial score (nSPS) is 15.7. The van der Waals surface area contributed by atoms with Gasteiger partial charge in [0, 0.05) is 5.92 Å². The predicted octanol–water partition coefficient (Wildman–Crippen LogP) is 2.30. The van der Waals surface area contributed by atoms with E-state index in [2.05, 4.69) is 0 Å². The third-order valence-electron chi connectivity index (χ3n) is 2.16. The molecule has 1 aliphatic carbocycles. The molecular formula is C10H10O2S. The van der Waals surface area contributed by atoms with Gasteiger partial charge in [-0.3, -0.25) is 9.59 Å². The number of Topliss-reactive ketones (excluding diaryl/α,β-unsaturated/α-hetero) is 2. The summed E-state index contributed by atoms with van der Waals surface area (Å²) in [6.45, 7) is 0. The van der Waals surface area contributed by atoms with Gasteiger partial charge in [-0.05, 0) is 24.3 Å². The summed E-state index contributed by atoms with van der Waals surface area (Å²) in [5.74, 6) is 0.300. The maximum atomic E-state index is 11.4. The van der Waals surface area contributed by atoms with E-state index in [0.717, 1.165) is 12.8 Å². The van der Waals surface area contributed by atoms with Crippen LogP contribution in [0.4, 0.5) is 0 Å². The van der Waals surface area contributed by atoms with E-state index in [9.17, 15) is 9.59 Å². The van der Waals surface area contributed by atoms with Crippen LogP contribution in [0.1, 0.15) is 28.9 Å². The highest BCUT2D eigenvalue weighted by atomic mass is 32.1. The molecule has 1 aliphatic rings. The molecule has 3 heteroatoms. The minimum absolute atomic E-state index is 0.0214. The zero-order chi connectivity index (χ0) is 9.26. The van der Waals surface area contributed by atoms with Gasteiger partial charge in [0.05, 0.1) is 11.3 Å². The van der Waals surface area contributed by atoms with Crippen LogP contribution in [0.2, 0.25) is 0 Å². The van der Waals surface area contributed by atoms with Gasteiger partial charge in [-0.2, -0.15) is 0 Å². The van der Waals surface area contributed by atoms with Crippen LogP contribution in [0, 0.1) is 5.92 Å². The second kappa shape index (κ2) is 3.42. The van der Waals surface area contributed by atoms with Gasteiger partial charge >= 0.3 is 0 Å². The molecule has 2 nitrogen and oxygen atoms in total. The number of carbonyl (C=O) groups excluding carboxylic acids is 2. The molecule has 1 fully saturated rings. The van der Waals surface area contributed by atoms with Gasteiger partial charge in [0.15, 0.2) is 5.78 Å². The summed E-state index contributed by atoms with van der Waals surface area (Å²) in [5, 5.41) is 1.86. The number of carbonyl (C=O) groups is 2. The Morgan fingerprint density at radius 2 is 2.23 bits per heavy atom. The largest absolute Gasteiger partial charge is 0.299 e. The van der Waals surface area contributed by atoms with Gasteiger partial charge in [0.25, 0.3) is 0 Å². The Morgan fingerprint density at radius 3 is 2.77 bits per heavy atom. The van der Waals surface area contributed by atoms with Crippen LogP contribution in [0.3, 0.4) is 0 Å². The molecule has 0 bridgehead atoms. The molecule has 2 rings (SSSR count). The van der Waals surface area contributed by atoms with E-state index in [4.69, 9.17) is 0 Å². The Balaban J connectivity index is 1.95. The summed E-state index contributed by atoms with van der Waals surface area (Å²) in [4.78, 5) is 23.4. The molecule has 0 radical (unpaired) electrons. The third-order valence-corrected chi connectivity index (χ3v) is 3.07. The highest BCUT2D eigenvalue weighted by Gasteiger charge is 2.30. The smallest absolute Gasteiger partial charge is 0.180 e. The summed E-state index contributed by atoms with van der Waals surface area (Å²) in [5.41, 5.74) is 0. The molecule has 13 heavy (non-hydrogen) atoms. The quantitative estimate of drug-likeness (QED) is 0.544. The molecule has 1 aromatic heterocycles. The fourth-order valence-electron chi connectivity index (χ4n) is 1.23. The molecule has 0 unspecified atom stereocenters. The van der Waals surface area contributed by atoms with Gasteiger partial charge in [-0.15, -0.1) is 11.3 Å². The first-order chi connectivity index (χ1) is 6.27. The summed E-state index contributed by atoms with van der Waals surface area (Å²) >= 11 is 1.40. The molecule has 1 saturated carbocycles. The van der Waals surface area contributed by atoms with Gasteiger partial charge in [-0.1, -0.05) is 6.07 Å². The van der Waals surface area contributed by atoms with Crippen LogP contribution in [0.15, 0.2) is 17.5 Å². The zero-order valence-electron chi connectivity index (χ0n) is 7.16. The predicted molar refractivity (Wildman–Crippen MR) is 51.0 cm³/mol. The number of hydrogen-bond donors (Lipinski definition) is 0. The van der Waals surface area contributed by atoms with Crippen molar-refractivity contribution in [2.75, 3.05) is 0 Å². The summed E-state index contributed by atoms with van der Waals surface area (Å²) in [6.07, 6.45) is 2.07. The van der Waals surface area contributed by atoms with E-state index < -0.39 is 0 Å². The fourth-order valence-corrected chi connectivity index (χ4v) is 1.90. The van der Waals surface area contributed by atoms with E-state index in [1.807, 2.05) is 11.4 Å². The number of rotatable bonds is 4. The molecule has 1 heterocycles. The van der Waals surface area contributed by atoms with Crippen LogP contribution in [-0.4, -0.2) is 11.6 Å². The molecule has 0 N–H and O–H groups in total. The fraction of sp³-hybridized carbons (Fsp3) is 0.400. The Hall–Kier alpha value is -0.960. The first-order valence-corrected chi connectivity index (χ1v) is 5.25. The number of thiophene rings is 1. The topological polar surface area (TPSA) is 34.1 Å². The number of hydrogen-bond acceptors (Lipinski definition) is 3. The van der Waals surface area contributed by atoms with Crippen LogP contribution in [-0.2, 0) is 4.79 Å². The average molecular weight is 194 g/mol. The van der Waals surface area contributed by atoms with E-state index in [1.165, 1.54) is 11.3 Å². The van der Waals surface area contributed by atoms with Crippen molar-refractivity contribution in [3.63, 3.8) is 0 Å². The van der Waals surface area contributed by atoms with Crippen LogP contribution < -0.4 is 0 Å². The highest BCUT2D eigenvalue weighted by Crippen LogP contribution is 2.31. The minimum atomic E-state index is -0.0214. The zero-order valence-corrected chi connectivity index (χ0v) is 7.97. The van der Waals surface area contributed by atoms with Crippen LogP contribution >= 0.6 is 11.3 Å². The third kappa shape index (κ3) is 2.04. The molecule has 68 valence electrons. The van der Waals surface area contributed by atoms with Crippen molar-refractivity contribution in [1.82, 2.24) is 0 Å². The van der Waals surface area contributed by atoms with Crippen molar-refractivity contribution < 1.29 is 9.59 Å². The van der Waals surface area contributed by atoms with E-state index in [-0.39, 0.29) is 23.9 Å². The summed E-state index contributed by atoms with van der Waals surface area (Å²) in [6, 6.07) is 3.60. The van der Waals surface area contributed by atoms with Crippen molar-refractivity contribution >= 4 is 22.9 Å². The van der Waals surface area contributed by atoms with Crippen LogP contribution in [0.5, 0.6) is 0 Å². The van der Waals surface area contributed by atoms with Crippen molar-refractivity contribution in [3.05, 3.63) is 22.4 Å². The van der Waals surface area contributed by atoms with Crippen molar-refractivity contribution in [3.8, 4) is 0 Å². The Bertz CT molecular complexity index is 323. The lowest BCUT2D eigenvalue weighted by molar-refractivity contribution is -0.119. The van der Waals surface area contributed by atoms with Crippen LogP contribution in [0.25, 0.3) is 0 Å². The minimum Gasteiger partial charge on any atom is -0.299 e. The number of ketones is 2. The maximum Gasteiger partial charge on any atom is 0.180 e. The lowest BCUT2D eigenvalue weighted by Crippen LogP contribution is -2.08. The van der Waals surface area contributed by atoms with Crippen molar-refractivity contribution in [2.45, 2.75) is 19.3 Å². The Labute approximate surface area is 80.6 Å². The molecule has 0 saturated heterocycles. The lowest BCUT2D eigenvalue weighted by Gasteiger charge is -1.94. The highest BCUT2D eigenvalue weighted by molar-refractivity contribution is 7.12. The average Bonchev–Trinajstić information content (AvgIpc) is 2.81. The van der Waals surface area contributed by atoms with E-state index in [1.54, 1.807) is 6.07 Å². The molecule has 0 aromatic carbocycles. The Kier molecular flexibility index (Phi) is 2.27. The van der Waals surface area contributed by atoms with E-state index in [0.29, 0.717) is 4.88 Å². The van der Waals surface area contributed by atoms with E-state index >= 15 is 0 Å². The van der Waals surface area contributed by atoms with Gasteiger partial charge in [0.1, 0.15) is 5.78 Å². The molecule has 0 atom stereocenters. The Morgan fingerprint density at radius 1 is 1.46 bits per heavy atom. The lowest BCUT2D eigenvalue weighted by atomic mass is 10.1.